The summed E-state index contributed by atoms with van der Waals surface area (Å²) < 4.78 is 19.5. The molecule has 0 aliphatic heterocycles. The van der Waals surface area contributed by atoms with Gasteiger partial charge in [0.2, 0.25) is 0 Å². The highest BCUT2D eigenvalue weighted by Gasteiger charge is 2.37. The number of hydrogen-bond donors (Lipinski definition) is 0. The number of benzene rings is 1. The van der Waals surface area contributed by atoms with Crippen LogP contribution >= 0.6 is 11.3 Å². The molecule has 37 heavy (non-hydrogen) atoms. The summed E-state index contributed by atoms with van der Waals surface area (Å²) >= 11 is 1.32. The fraction of sp³-hybridized carbons (Fsp3) is 0.393. The predicted molar refractivity (Wildman–Crippen MR) is 150 cm³/mol. The Balaban J connectivity index is 1.64. The SMILES string of the molecule is CCc1ccccc1COc1cc(-n2cnc3cnc(CO[Si](C)(C)C(C)(C)C)cc32)sc1C(=O)OC. The summed E-state index contributed by atoms with van der Waals surface area (Å²) in [5.41, 5.74) is 4.82. The van der Waals surface area contributed by atoms with Gasteiger partial charge in [-0.15, -0.1) is 11.3 Å². The maximum Gasteiger partial charge on any atom is 0.351 e. The lowest BCUT2D eigenvalue weighted by Gasteiger charge is -2.36. The number of aromatic nitrogens is 3. The zero-order valence-electron chi connectivity index (χ0n) is 22.6. The van der Waals surface area contributed by atoms with Crippen molar-refractivity contribution >= 4 is 36.7 Å². The summed E-state index contributed by atoms with van der Waals surface area (Å²) in [6.07, 6.45) is 4.42. The molecule has 3 aromatic heterocycles. The summed E-state index contributed by atoms with van der Waals surface area (Å²) in [6, 6.07) is 12.0. The Morgan fingerprint density at radius 1 is 1.08 bits per heavy atom. The van der Waals surface area contributed by atoms with Gasteiger partial charge < -0.3 is 13.9 Å². The maximum absolute atomic E-state index is 12.6. The van der Waals surface area contributed by atoms with Crippen LogP contribution in [-0.4, -0.2) is 35.9 Å². The zero-order chi connectivity index (χ0) is 26.8. The van der Waals surface area contributed by atoms with Crippen LogP contribution in [0.1, 0.15) is 54.2 Å². The van der Waals surface area contributed by atoms with Gasteiger partial charge in [0.25, 0.3) is 0 Å². The quantitative estimate of drug-likeness (QED) is 0.170. The van der Waals surface area contributed by atoms with E-state index in [0.717, 1.165) is 33.7 Å². The molecule has 1 aromatic carbocycles. The zero-order valence-corrected chi connectivity index (χ0v) is 24.4. The third kappa shape index (κ3) is 5.79. The molecule has 4 rings (SSSR count). The molecule has 0 radical (unpaired) electrons. The molecular weight excluding hydrogens is 502 g/mol. The number of pyridine rings is 1. The van der Waals surface area contributed by atoms with E-state index in [9.17, 15) is 4.79 Å². The molecular formula is C28H35N3O4SSi. The van der Waals surface area contributed by atoms with E-state index < -0.39 is 14.3 Å². The first-order valence-corrected chi connectivity index (χ1v) is 16.1. The lowest BCUT2D eigenvalue weighted by atomic mass is 10.1. The Kier molecular flexibility index (Phi) is 7.87. The van der Waals surface area contributed by atoms with Crippen molar-refractivity contribution in [1.29, 1.82) is 0 Å². The number of ether oxygens (including phenoxy) is 2. The van der Waals surface area contributed by atoms with E-state index in [1.807, 2.05) is 34.9 Å². The largest absolute Gasteiger partial charge is 0.487 e. The predicted octanol–water partition coefficient (Wildman–Crippen LogP) is 6.93. The average Bonchev–Trinajstić information content (AvgIpc) is 3.49. The summed E-state index contributed by atoms with van der Waals surface area (Å²) in [5, 5.41) is 0.929. The normalized spacial score (nSPS) is 12.2. The molecule has 0 bridgehead atoms. The molecule has 9 heteroatoms. The summed E-state index contributed by atoms with van der Waals surface area (Å²) in [4.78, 5) is 22.1. The lowest BCUT2D eigenvalue weighted by Crippen LogP contribution is -2.40. The van der Waals surface area contributed by atoms with Crippen LogP contribution in [0.25, 0.3) is 16.0 Å². The first-order chi connectivity index (χ1) is 17.5. The van der Waals surface area contributed by atoms with Crippen LogP contribution in [0.3, 0.4) is 0 Å². The standard InChI is InChI=1S/C28H35N3O4SSi/c1-8-19-11-9-10-12-20(19)16-34-24-14-25(36-26(24)27(32)33-5)31-18-30-22-15-29-21(13-23(22)31)17-35-37(6,7)28(2,3)4/h9-15,18H,8,16-17H2,1-7H3. The van der Waals surface area contributed by atoms with Crippen LogP contribution in [0.5, 0.6) is 5.75 Å². The van der Waals surface area contributed by atoms with Crippen molar-refractivity contribution in [3.63, 3.8) is 0 Å². The minimum atomic E-state index is -1.91. The van der Waals surface area contributed by atoms with Gasteiger partial charge in [0, 0.05) is 6.07 Å². The molecule has 7 nitrogen and oxygen atoms in total. The van der Waals surface area contributed by atoms with Crippen molar-refractivity contribution in [2.75, 3.05) is 7.11 Å². The second kappa shape index (κ2) is 10.8. The third-order valence-electron chi connectivity index (χ3n) is 7.05. The monoisotopic (exact) mass is 537 g/mol. The topological polar surface area (TPSA) is 75.5 Å². The summed E-state index contributed by atoms with van der Waals surface area (Å²) in [5.74, 6) is 0.0692. The number of methoxy groups -OCH3 is 1. The molecule has 3 heterocycles. The number of esters is 1. The van der Waals surface area contributed by atoms with Crippen molar-refractivity contribution in [2.24, 2.45) is 0 Å². The second-order valence-electron chi connectivity index (χ2n) is 10.5. The highest BCUT2D eigenvalue weighted by molar-refractivity contribution is 7.16. The van der Waals surface area contributed by atoms with Crippen LogP contribution in [0.4, 0.5) is 0 Å². The Hall–Kier alpha value is -3.01. The number of nitrogens with zero attached hydrogens (tertiary/aromatic N) is 3. The molecule has 0 N–H and O–H groups in total. The number of carbonyl (C=O) groups is 1. The number of hydrogen-bond acceptors (Lipinski definition) is 7. The Morgan fingerprint density at radius 3 is 2.49 bits per heavy atom. The Morgan fingerprint density at radius 2 is 1.81 bits per heavy atom. The fourth-order valence-corrected chi connectivity index (χ4v) is 5.65. The van der Waals surface area contributed by atoms with Crippen molar-refractivity contribution in [3.8, 4) is 10.8 Å². The average molecular weight is 538 g/mol. The van der Waals surface area contributed by atoms with Gasteiger partial charge in [0.05, 0.1) is 31.1 Å². The van der Waals surface area contributed by atoms with E-state index in [0.29, 0.717) is 23.8 Å². The second-order valence-corrected chi connectivity index (χ2v) is 16.3. The summed E-state index contributed by atoms with van der Waals surface area (Å²) in [6.45, 7) is 14.1. The van der Waals surface area contributed by atoms with Gasteiger partial charge >= 0.3 is 5.97 Å². The molecule has 0 saturated carbocycles. The molecule has 0 saturated heterocycles. The molecule has 0 aliphatic rings. The molecule has 196 valence electrons. The third-order valence-corrected chi connectivity index (χ3v) is 12.6. The number of fused-ring (bicyclic) bond motifs is 1. The lowest BCUT2D eigenvalue weighted by molar-refractivity contribution is 0.0601. The highest BCUT2D eigenvalue weighted by Crippen LogP contribution is 2.38. The molecule has 0 aliphatic carbocycles. The van der Waals surface area contributed by atoms with Crippen LogP contribution in [-0.2, 0) is 28.8 Å². The van der Waals surface area contributed by atoms with Gasteiger partial charge in [-0.25, -0.2) is 9.78 Å². The van der Waals surface area contributed by atoms with Gasteiger partial charge in [-0.3, -0.25) is 9.55 Å². The van der Waals surface area contributed by atoms with Gasteiger partial charge in [0.15, 0.2) is 13.2 Å². The first kappa shape index (κ1) is 27.0. The molecule has 0 spiro atoms. The molecule has 4 aromatic rings. The van der Waals surface area contributed by atoms with Crippen molar-refractivity contribution in [2.45, 2.75) is 65.5 Å². The van der Waals surface area contributed by atoms with Gasteiger partial charge in [-0.2, -0.15) is 0 Å². The van der Waals surface area contributed by atoms with Crippen LogP contribution in [0.15, 0.2) is 48.9 Å². The smallest absolute Gasteiger partial charge is 0.351 e. The highest BCUT2D eigenvalue weighted by atomic mass is 32.1. The van der Waals surface area contributed by atoms with Crippen LogP contribution in [0, 0.1) is 0 Å². The molecule has 0 amide bonds. The number of imidazole rings is 1. The van der Waals surface area contributed by atoms with E-state index in [1.165, 1.54) is 24.0 Å². The molecule has 0 unspecified atom stereocenters. The maximum atomic E-state index is 12.6. The number of rotatable bonds is 9. The van der Waals surface area contributed by atoms with Crippen LogP contribution < -0.4 is 4.74 Å². The minimum Gasteiger partial charge on any atom is -0.487 e. The van der Waals surface area contributed by atoms with E-state index >= 15 is 0 Å². The van der Waals surface area contributed by atoms with Crippen LogP contribution in [0.2, 0.25) is 18.1 Å². The van der Waals surface area contributed by atoms with Gasteiger partial charge in [-0.05, 0) is 41.7 Å². The van der Waals surface area contributed by atoms with E-state index in [4.69, 9.17) is 13.9 Å². The Bertz CT molecular complexity index is 1400. The van der Waals surface area contributed by atoms with Gasteiger partial charge in [-0.1, -0.05) is 52.0 Å². The van der Waals surface area contributed by atoms with E-state index in [2.05, 4.69) is 56.8 Å². The van der Waals surface area contributed by atoms with Crippen molar-refractivity contribution < 1.29 is 18.7 Å². The van der Waals surface area contributed by atoms with E-state index in [-0.39, 0.29) is 5.04 Å². The Labute approximate surface area is 223 Å². The van der Waals surface area contributed by atoms with E-state index in [1.54, 1.807) is 12.5 Å². The number of carbonyl (C=O) groups excluding carboxylic acids is 1. The number of thiophene rings is 1. The fourth-order valence-electron chi connectivity index (χ4n) is 3.70. The number of aryl methyl sites for hydroxylation is 1. The van der Waals surface area contributed by atoms with Crippen molar-refractivity contribution in [3.05, 3.63) is 70.6 Å². The molecule has 0 atom stereocenters. The van der Waals surface area contributed by atoms with Crippen molar-refractivity contribution in [1.82, 2.24) is 14.5 Å². The summed E-state index contributed by atoms with van der Waals surface area (Å²) in [7, 11) is -0.530. The molecule has 0 fully saturated rings. The first-order valence-electron chi connectivity index (χ1n) is 12.4. The van der Waals surface area contributed by atoms with Gasteiger partial charge in [0.1, 0.15) is 29.2 Å². The minimum absolute atomic E-state index is 0.119.